The summed E-state index contributed by atoms with van der Waals surface area (Å²) < 4.78 is 5.78. The maximum Gasteiger partial charge on any atom is 0.322 e. The summed E-state index contributed by atoms with van der Waals surface area (Å²) in [6, 6.07) is 11.6. The number of aryl methyl sites for hydroxylation is 1. The van der Waals surface area contributed by atoms with Gasteiger partial charge in [-0.2, -0.15) is 0 Å². The molecular weight excluding hydrogens is 306 g/mol. The third kappa shape index (κ3) is 4.02. The number of morpholine rings is 1. The molecule has 1 saturated heterocycles. The molecule has 0 bridgehead atoms. The molecule has 1 atom stereocenters. The first-order valence-corrected chi connectivity index (χ1v) is 8.02. The van der Waals surface area contributed by atoms with Gasteiger partial charge in [0.15, 0.2) is 0 Å². The number of hydrogen-bond donors (Lipinski definition) is 2. The van der Waals surface area contributed by atoms with Gasteiger partial charge >= 0.3 is 6.03 Å². The molecule has 2 amide bonds. The molecule has 6 heteroatoms. The van der Waals surface area contributed by atoms with Crippen molar-refractivity contribution in [2.24, 2.45) is 0 Å². The lowest BCUT2D eigenvalue weighted by Gasteiger charge is -2.33. The smallest absolute Gasteiger partial charge is 0.322 e. The number of aromatic nitrogens is 1. The Balaban J connectivity index is 1.60. The van der Waals surface area contributed by atoms with Crippen LogP contribution in [0.2, 0.25) is 0 Å². The number of benzene rings is 1. The maximum absolute atomic E-state index is 12.4. The zero-order valence-corrected chi connectivity index (χ0v) is 13.6. The van der Waals surface area contributed by atoms with E-state index in [1.165, 1.54) is 11.8 Å². The van der Waals surface area contributed by atoms with E-state index in [0.29, 0.717) is 30.9 Å². The van der Waals surface area contributed by atoms with Gasteiger partial charge in [0, 0.05) is 31.3 Å². The van der Waals surface area contributed by atoms with E-state index < -0.39 is 0 Å². The number of carbonyl (C=O) groups excluding carboxylic acids is 1. The molecular formula is C18H21N3O3. The lowest BCUT2D eigenvalue weighted by Crippen LogP contribution is -2.48. The lowest BCUT2D eigenvalue weighted by atomic mass is 10.1. The number of hydrogen-bond acceptors (Lipinski definition) is 3. The van der Waals surface area contributed by atoms with Crippen LogP contribution in [0.4, 0.5) is 10.5 Å². The Morgan fingerprint density at radius 2 is 2.17 bits per heavy atom. The fourth-order valence-corrected chi connectivity index (χ4v) is 2.78. The van der Waals surface area contributed by atoms with Gasteiger partial charge in [-0.05, 0) is 18.6 Å². The van der Waals surface area contributed by atoms with Crippen LogP contribution in [0.3, 0.4) is 0 Å². The van der Waals surface area contributed by atoms with Crippen LogP contribution in [-0.4, -0.2) is 41.7 Å². The molecule has 0 radical (unpaired) electrons. The Morgan fingerprint density at radius 3 is 2.92 bits per heavy atom. The minimum Gasteiger partial charge on any atom is -0.374 e. The van der Waals surface area contributed by atoms with Crippen molar-refractivity contribution in [2.75, 3.05) is 25.0 Å². The molecule has 24 heavy (non-hydrogen) atoms. The van der Waals surface area contributed by atoms with Gasteiger partial charge in [-0.25, -0.2) is 4.79 Å². The molecule has 0 spiro atoms. The van der Waals surface area contributed by atoms with Crippen LogP contribution < -0.4 is 10.9 Å². The van der Waals surface area contributed by atoms with Crippen LogP contribution in [-0.2, 0) is 11.2 Å². The van der Waals surface area contributed by atoms with Crippen molar-refractivity contribution in [1.29, 1.82) is 0 Å². The topological polar surface area (TPSA) is 74.4 Å². The average Bonchev–Trinajstić information content (AvgIpc) is 2.59. The quantitative estimate of drug-likeness (QED) is 0.907. The van der Waals surface area contributed by atoms with Crippen LogP contribution in [0.15, 0.2) is 47.4 Å². The number of nitrogens with one attached hydrogen (secondary N) is 2. The van der Waals surface area contributed by atoms with Crippen LogP contribution in [0, 0.1) is 6.92 Å². The molecule has 0 aliphatic carbocycles. The van der Waals surface area contributed by atoms with Gasteiger partial charge in [0.05, 0.1) is 18.4 Å². The van der Waals surface area contributed by atoms with E-state index in [1.807, 2.05) is 18.2 Å². The molecule has 2 N–H and O–H groups in total. The summed E-state index contributed by atoms with van der Waals surface area (Å²) in [5.41, 5.74) is 2.20. The number of carbonyl (C=O) groups is 1. The highest BCUT2D eigenvalue weighted by Gasteiger charge is 2.24. The highest BCUT2D eigenvalue weighted by molar-refractivity contribution is 5.89. The number of H-pyrrole nitrogens is 1. The van der Waals surface area contributed by atoms with Gasteiger partial charge in [-0.1, -0.05) is 30.3 Å². The van der Waals surface area contributed by atoms with Crippen LogP contribution in [0.25, 0.3) is 0 Å². The van der Waals surface area contributed by atoms with Crippen LogP contribution in [0.1, 0.15) is 11.1 Å². The molecule has 1 fully saturated rings. The van der Waals surface area contributed by atoms with Gasteiger partial charge in [0.25, 0.3) is 5.56 Å². The normalized spacial score (nSPS) is 17.5. The number of anilines is 1. The van der Waals surface area contributed by atoms with Gasteiger partial charge in [-0.15, -0.1) is 0 Å². The summed E-state index contributed by atoms with van der Waals surface area (Å²) in [7, 11) is 0. The molecule has 0 unspecified atom stereocenters. The van der Waals surface area contributed by atoms with Crippen molar-refractivity contribution in [2.45, 2.75) is 19.4 Å². The second kappa shape index (κ2) is 7.31. The van der Waals surface area contributed by atoms with E-state index in [1.54, 1.807) is 17.9 Å². The van der Waals surface area contributed by atoms with Crippen molar-refractivity contribution in [3.63, 3.8) is 0 Å². The Hall–Kier alpha value is -2.60. The monoisotopic (exact) mass is 327 g/mol. The summed E-state index contributed by atoms with van der Waals surface area (Å²) in [6.45, 7) is 3.33. The molecule has 3 rings (SSSR count). The van der Waals surface area contributed by atoms with E-state index in [9.17, 15) is 9.59 Å². The summed E-state index contributed by atoms with van der Waals surface area (Å²) in [6.07, 6.45) is 2.28. The fraction of sp³-hybridized carbons (Fsp3) is 0.333. The lowest BCUT2D eigenvalue weighted by molar-refractivity contribution is -0.0113. The minimum atomic E-state index is -0.178. The highest BCUT2D eigenvalue weighted by Crippen LogP contribution is 2.13. The first kappa shape index (κ1) is 16.3. The molecule has 0 saturated carbocycles. The zero-order chi connectivity index (χ0) is 16.9. The maximum atomic E-state index is 12.4. The van der Waals surface area contributed by atoms with Gasteiger partial charge < -0.3 is 19.9 Å². The van der Waals surface area contributed by atoms with Crippen LogP contribution in [0.5, 0.6) is 0 Å². The van der Waals surface area contributed by atoms with Crippen molar-refractivity contribution in [1.82, 2.24) is 9.88 Å². The number of amides is 2. The molecule has 126 valence electrons. The molecule has 2 heterocycles. The van der Waals surface area contributed by atoms with E-state index >= 15 is 0 Å². The number of aromatic amines is 1. The van der Waals surface area contributed by atoms with Crippen LogP contribution >= 0.6 is 0 Å². The van der Waals surface area contributed by atoms with Gasteiger partial charge in [0.1, 0.15) is 0 Å². The summed E-state index contributed by atoms with van der Waals surface area (Å²) in [5, 5.41) is 2.83. The molecule has 1 aromatic heterocycles. The SMILES string of the molecule is Cc1cc(NC(=O)N2CCO[C@H](Cc3ccccc3)C2)c[nH]c1=O. The van der Waals surface area contributed by atoms with Crippen molar-refractivity contribution in [3.05, 3.63) is 64.1 Å². The predicted octanol–water partition coefficient (Wildman–Crippen LogP) is 2.16. The first-order chi connectivity index (χ1) is 11.6. The van der Waals surface area contributed by atoms with Crippen molar-refractivity contribution in [3.8, 4) is 0 Å². The summed E-state index contributed by atoms with van der Waals surface area (Å²) >= 11 is 0. The average molecular weight is 327 g/mol. The van der Waals surface area contributed by atoms with E-state index in [4.69, 9.17) is 4.74 Å². The van der Waals surface area contributed by atoms with E-state index in [-0.39, 0.29) is 17.7 Å². The highest BCUT2D eigenvalue weighted by atomic mass is 16.5. The second-order valence-corrected chi connectivity index (χ2v) is 5.96. The Bertz CT molecular complexity index is 758. The number of urea groups is 1. The number of rotatable bonds is 3. The minimum absolute atomic E-state index is 0.00998. The Morgan fingerprint density at radius 1 is 1.38 bits per heavy atom. The van der Waals surface area contributed by atoms with Gasteiger partial charge in [-0.3, -0.25) is 4.79 Å². The largest absolute Gasteiger partial charge is 0.374 e. The van der Waals surface area contributed by atoms with Gasteiger partial charge in [0.2, 0.25) is 0 Å². The molecule has 2 aromatic rings. The van der Waals surface area contributed by atoms with E-state index in [2.05, 4.69) is 22.4 Å². The number of nitrogens with zero attached hydrogens (tertiary/aromatic N) is 1. The molecule has 1 aromatic carbocycles. The predicted molar refractivity (Wildman–Crippen MR) is 92.3 cm³/mol. The Kier molecular flexibility index (Phi) is 4.96. The Labute approximate surface area is 140 Å². The van der Waals surface area contributed by atoms with Crippen molar-refractivity contribution < 1.29 is 9.53 Å². The zero-order valence-electron chi connectivity index (χ0n) is 13.6. The molecule has 1 aliphatic rings. The summed E-state index contributed by atoms with van der Waals surface area (Å²) in [5.74, 6) is 0. The number of ether oxygens (including phenoxy) is 1. The standard InChI is InChI=1S/C18H21N3O3/c1-13-9-15(11-19-17(13)22)20-18(23)21-7-8-24-16(12-21)10-14-5-3-2-4-6-14/h2-6,9,11,16H,7-8,10,12H2,1H3,(H,19,22)(H,20,23)/t16-/m1/s1. The fourth-order valence-electron chi connectivity index (χ4n) is 2.78. The number of pyridine rings is 1. The molecule has 1 aliphatic heterocycles. The van der Waals surface area contributed by atoms with E-state index in [0.717, 1.165) is 6.42 Å². The summed E-state index contributed by atoms with van der Waals surface area (Å²) in [4.78, 5) is 28.2. The molecule has 6 nitrogen and oxygen atoms in total. The third-order valence-electron chi connectivity index (χ3n) is 4.07. The second-order valence-electron chi connectivity index (χ2n) is 5.96. The third-order valence-corrected chi connectivity index (χ3v) is 4.07. The van der Waals surface area contributed by atoms with Crippen molar-refractivity contribution >= 4 is 11.7 Å². The first-order valence-electron chi connectivity index (χ1n) is 8.02.